The van der Waals surface area contributed by atoms with Gasteiger partial charge in [-0.15, -0.1) is 0 Å². The van der Waals surface area contributed by atoms with E-state index in [0.717, 1.165) is 0 Å². The number of aliphatic hydroxyl groups excluding tert-OH is 2. The Hall–Kier alpha value is -0.240. The Morgan fingerprint density at radius 3 is 2.62 bits per heavy atom. The van der Waals surface area contributed by atoms with E-state index in [-0.39, 0.29) is 6.61 Å². The quantitative estimate of drug-likeness (QED) is 0.363. The zero-order valence-electron chi connectivity index (χ0n) is 9.85. The summed E-state index contributed by atoms with van der Waals surface area (Å²) in [7, 11) is 1.60. The first-order chi connectivity index (χ1) is 7.81. The van der Waals surface area contributed by atoms with Crippen molar-refractivity contribution in [3.63, 3.8) is 0 Å². The number of hydrogen-bond acceptors (Lipinski definition) is 6. The standard InChI is InChI=1S/C10H23NO5/c1-14-6-7-16-9-10(13)8-11-2-4-15-5-3-12/h10-13H,2-9H2,1H3. The van der Waals surface area contributed by atoms with Crippen molar-refractivity contribution in [3.8, 4) is 0 Å². The second kappa shape index (κ2) is 12.8. The lowest BCUT2D eigenvalue weighted by Gasteiger charge is -2.12. The molecule has 0 heterocycles. The first-order valence-corrected chi connectivity index (χ1v) is 5.45. The van der Waals surface area contributed by atoms with Crippen molar-refractivity contribution in [1.29, 1.82) is 0 Å². The summed E-state index contributed by atoms with van der Waals surface area (Å²) in [5.41, 5.74) is 0. The van der Waals surface area contributed by atoms with Crippen LogP contribution in [0.1, 0.15) is 0 Å². The fraction of sp³-hybridized carbons (Fsp3) is 1.00. The summed E-state index contributed by atoms with van der Waals surface area (Å²) in [6.45, 7) is 3.36. The van der Waals surface area contributed by atoms with E-state index >= 15 is 0 Å². The molecular weight excluding hydrogens is 214 g/mol. The van der Waals surface area contributed by atoms with Crippen molar-refractivity contribution in [1.82, 2.24) is 5.32 Å². The highest BCUT2D eigenvalue weighted by Crippen LogP contribution is 1.84. The second-order valence-electron chi connectivity index (χ2n) is 3.26. The highest BCUT2D eigenvalue weighted by molar-refractivity contribution is 4.57. The molecule has 6 nitrogen and oxygen atoms in total. The van der Waals surface area contributed by atoms with E-state index in [1.165, 1.54) is 0 Å². The molecule has 0 aromatic carbocycles. The predicted molar refractivity (Wildman–Crippen MR) is 59.5 cm³/mol. The maximum absolute atomic E-state index is 9.44. The topological polar surface area (TPSA) is 80.2 Å². The van der Waals surface area contributed by atoms with E-state index in [2.05, 4.69) is 5.32 Å². The minimum Gasteiger partial charge on any atom is -0.394 e. The third-order valence-corrected chi connectivity index (χ3v) is 1.78. The van der Waals surface area contributed by atoms with E-state index in [1.54, 1.807) is 7.11 Å². The monoisotopic (exact) mass is 237 g/mol. The maximum Gasteiger partial charge on any atom is 0.0897 e. The lowest BCUT2D eigenvalue weighted by molar-refractivity contribution is 0.0129. The smallest absolute Gasteiger partial charge is 0.0897 e. The van der Waals surface area contributed by atoms with Crippen molar-refractivity contribution < 1.29 is 24.4 Å². The molecular formula is C10H23NO5. The van der Waals surface area contributed by atoms with E-state index in [4.69, 9.17) is 19.3 Å². The zero-order valence-corrected chi connectivity index (χ0v) is 9.85. The summed E-state index contributed by atoms with van der Waals surface area (Å²) < 4.78 is 15.0. The van der Waals surface area contributed by atoms with Gasteiger partial charge in [0.1, 0.15) is 0 Å². The molecule has 0 bridgehead atoms. The SMILES string of the molecule is COCCOCC(O)CNCCOCCO. The first kappa shape index (κ1) is 15.8. The van der Waals surface area contributed by atoms with Crippen molar-refractivity contribution in [2.75, 3.05) is 59.8 Å². The Kier molecular flexibility index (Phi) is 12.6. The lowest BCUT2D eigenvalue weighted by atomic mass is 10.4. The van der Waals surface area contributed by atoms with Gasteiger partial charge in [0.2, 0.25) is 0 Å². The molecule has 16 heavy (non-hydrogen) atoms. The number of rotatable bonds is 12. The van der Waals surface area contributed by atoms with Crippen LogP contribution in [0.4, 0.5) is 0 Å². The van der Waals surface area contributed by atoms with Gasteiger partial charge in [-0.2, -0.15) is 0 Å². The molecule has 0 aliphatic carbocycles. The number of hydrogen-bond donors (Lipinski definition) is 3. The average molecular weight is 237 g/mol. The molecule has 1 atom stereocenters. The summed E-state index contributed by atoms with van der Waals surface area (Å²) in [5, 5.41) is 20.9. The Bertz CT molecular complexity index is 136. The molecule has 0 aliphatic heterocycles. The minimum absolute atomic E-state index is 0.0377. The van der Waals surface area contributed by atoms with Crippen LogP contribution in [0.25, 0.3) is 0 Å². The van der Waals surface area contributed by atoms with Gasteiger partial charge in [-0.1, -0.05) is 0 Å². The summed E-state index contributed by atoms with van der Waals surface area (Å²) in [4.78, 5) is 0. The van der Waals surface area contributed by atoms with Gasteiger partial charge in [0, 0.05) is 20.2 Å². The molecule has 0 amide bonds. The highest BCUT2D eigenvalue weighted by atomic mass is 16.5. The first-order valence-electron chi connectivity index (χ1n) is 5.45. The second-order valence-corrected chi connectivity index (χ2v) is 3.26. The number of nitrogens with one attached hydrogen (secondary N) is 1. The van der Waals surface area contributed by atoms with E-state index in [9.17, 15) is 5.11 Å². The molecule has 0 aliphatic rings. The molecule has 0 radical (unpaired) electrons. The fourth-order valence-electron chi connectivity index (χ4n) is 1.00. The number of ether oxygens (including phenoxy) is 3. The minimum atomic E-state index is -0.519. The average Bonchev–Trinajstić information content (AvgIpc) is 2.29. The Morgan fingerprint density at radius 1 is 1.12 bits per heavy atom. The highest BCUT2D eigenvalue weighted by Gasteiger charge is 2.02. The van der Waals surface area contributed by atoms with Crippen LogP contribution >= 0.6 is 0 Å². The Labute approximate surface area is 96.5 Å². The maximum atomic E-state index is 9.44. The number of aliphatic hydroxyl groups is 2. The third kappa shape index (κ3) is 11.8. The van der Waals surface area contributed by atoms with Crippen molar-refractivity contribution >= 4 is 0 Å². The summed E-state index contributed by atoms with van der Waals surface area (Å²) in [6.07, 6.45) is -0.519. The molecule has 0 rings (SSSR count). The van der Waals surface area contributed by atoms with Crippen molar-refractivity contribution in [3.05, 3.63) is 0 Å². The summed E-state index contributed by atoms with van der Waals surface area (Å²) in [6, 6.07) is 0. The van der Waals surface area contributed by atoms with Crippen LogP contribution in [0.15, 0.2) is 0 Å². The van der Waals surface area contributed by atoms with Crippen LogP contribution in [-0.2, 0) is 14.2 Å². The molecule has 0 aromatic rings. The molecule has 0 spiro atoms. The summed E-state index contributed by atoms with van der Waals surface area (Å²) >= 11 is 0. The molecule has 0 saturated carbocycles. The van der Waals surface area contributed by atoms with Gasteiger partial charge >= 0.3 is 0 Å². The van der Waals surface area contributed by atoms with Crippen LogP contribution in [0.3, 0.4) is 0 Å². The third-order valence-electron chi connectivity index (χ3n) is 1.78. The van der Waals surface area contributed by atoms with Gasteiger partial charge in [-0.05, 0) is 0 Å². The van der Waals surface area contributed by atoms with E-state index in [1.807, 2.05) is 0 Å². The molecule has 0 saturated heterocycles. The molecule has 6 heteroatoms. The van der Waals surface area contributed by atoms with E-state index < -0.39 is 6.10 Å². The normalized spacial score (nSPS) is 12.9. The van der Waals surface area contributed by atoms with Gasteiger partial charge in [-0.3, -0.25) is 0 Å². The Morgan fingerprint density at radius 2 is 1.94 bits per heavy atom. The van der Waals surface area contributed by atoms with Gasteiger partial charge in [0.15, 0.2) is 0 Å². The predicted octanol–water partition coefficient (Wildman–Crippen LogP) is -1.39. The molecule has 0 aromatic heterocycles. The van der Waals surface area contributed by atoms with Gasteiger partial charge in [0.25, 0.3) is 0 Å². The van der Waals surface area contributed by atoms with Gasteiger partial charge < -0.3 is 29.7 Å². The van der Waals surface area contributed by atoms with Crippen LogP contribution in [0.5, 0.6) is 0 Å². The van der Waals surface area contributed by atoms with Gasteiger partial charge in [0.05, 0.1) is 45.7 Å². The molecule has 1 unspecified atom stereocenters. The largest absolute Gasteiger partial charge is 0.394 e. The van der Waals surface area contributed by atoms with Crippen LogP contribution < -0.4 is 5.32 Å². The fourth-order valence-corrected chi connectivity index (χ4v) is 1.00. The number of methoxy groups -OCH3 is 1. The van der Waals surface area contributed by atoms with Crippen LogP contribution in [0.2, 0.25) is 0 Å². The Balaban J connectivity index is 3.08. The summed E-state index contributed by atoms with van der Waals surface area (Å²) in [5.74, 6) is 0. The van der Waals surface area contributed by atoms with Crippen LogP contribution in [-0.4, -0.2) is 76.2 Å². The molecule has 3 N–H and O–H groups in total. The van der Waals surface area contributed by atoms with Crippen molar-refractivity contribution in [2.24, 2.45) is 0 Å². The zero-order chi connectivity index (χ0) is 12.1. The molecule has 98 valence electrons. The van der Waals surface area contributed by atoms with Crippen molar-refractivity contribution in [2.45, 2.75) is 6.10 Å². The van der Waals surface area contributed by atoms with Gasteiger partial charge in [-0.25, -0.2) is 0 Å². The van der Waals surface area contributed by atoms with E-state index in [0.29, 0.717) is 46.1 Å². The molecule has 0 fully saturated rings. The van der Waals surface area contributed by atoms with Crippen LogP contribution in [0, 0.1) is 0 Å². The lowest BCUT2D eigenvalue weighted by Crippen LogP contribution is -2.32.